The molecule has 0 saturated carbocycles. The van der Waals surface area contributed by atoms with Gasteiger partial charge in [-0.2, -0.15) is 0 Å². The Labute approximate surface area is 199 Å². The number of carbonyl (C=O) groups is 1. The van der Waals surface area contributed by atoms with Crippen LogP contribution in [0.15, 0.2) is 74.5 Å². The number of aromatic hydroxyl groups is 1. The Morgan fingerprint density at radius 3 is 2.45 bits per heavy atom. The van der Waals surface area contributed by atoms with E-state index in [9.17, 15) is 14.7 Å². The van der Waals surface area contributed by atoms with Gasteiger partial charge in [0.2, 0.25) is 0 Å². The number of hydrogen-bond donors (Lipinski definition) is 1. The van der Waals surface area contributed by atoms with Crippen LogP contribution in [-0.2, 0) is 9.53 Å². The van der Waals surface area contributed by atoms with E-state index in [-0.39, 0.29) is 17.4 Å². The van der Waals surface area contributed by atoms with Crippen molar-refractivity contribution in [3.63, 3.8) is 0 Å². The number of ether oxygens (including phenoxy) is 1. The van der Waals surface area contributed by atoms with Crippen LogP contribution in [0.25, 0.3) is 6.08 Å². The molecule has 0 spiro atoms. The Balaban J connectivity index is 1.92. The molecule has 0 radical (unpaired) electrons. The summed E-state index contributed by atoms with van der Waals surface area (Å²) in [5.74, 6) is -0.316. The molecule has 6 nitrogen and oxygen atoms in total. The Morgan fingerprint density at radius 1 is 1.18 bits per heavy atom. The Bertz CT molecular complexity index is 1400. The van der Waals surface area contributed by atoms with Crippen LogP contribution in [0.1, 0.15) is 37.9 Å². The van der Waals surface area contributed by atoms with Gasteiger partial charge in [0, 0.05) is 4.90 Å². The lowest BCUT2D eigenvalue weighted by Gasteiger charge is -2.25. The number of allylic oxidation sites excluding steroid dienone is 1. The molecule has 170 valence electrons. The number of aromatic nitrogens is 1. The number of fused-ring (bicyclic) bond motifs is 1. The van der Waals surface area contributed by atoms with Crippen molar-refractivity contribution in [1.82, 2.24) is 4.57 Å². The number of hydrogen-bond acceptors (Lipinski definition) is 7. The molecule has 1 aliphatic heterocycles. The maximum Gasteiger partial charge on any atom is 0.338 e. The van der Waals surface area contributed by atoms with Crippen molar-refractivity contribution in [2.45, 2.75) is 37.8 Å². The fourth-order valence-electron chi connectivity index (χ4n) is 3.68. The molecule has 2 aromatic carbocycles. The van der Waals surface area contributed by atoms with Crippen molar-refractivity contribution in [1.29, 1.82) is 0 Å². The topological polar surface area (TPSA) is 80.9 Å². The molecule has 1 atom stereocenters. The predicted molar refractivity (Wildman–Crippen MR) is 131 cm³/mol. The van der Waals surface area contributed by atoms with Gasteiger partial charge in [-0.1, -0.05) is 35.6 Å². The Hall–Kier alpha value is -3.10. The predicted octanol–water partition coefficient (Wildman–Crippen LogP) is 3.61. The third-order valence-electron chi connectivity index (χ3n) is 5.21. The van der Waals surface area contributed by atoms with Crippen LogP contribution in [-0.4, -0.2) is 28.0 Å². The molecule has 0 saturated heterocycles. The average molecular weight is 481 g/mol. The normalized spacial score (nSPS) is 16.0. The molecule has 1 aromatic heterocycles. The van der Waals surface area contributed by atoms with Gasteiger partial charge in [-0.05, 0) is 68.5 Å². The lowest BCUT2D eigenvalue weighted by atomic mass is 9.96. The van der Waals surface area contributed by atoms with Gasteiger partial charge in [0.25, 0.3) is 5.56 Å². The van der Waals surface area contributed by atoms with Gasteiger partial charge < -0.3 is 9.84 Å². The third-order valence-corrected chi connectivity index (χ3v) is 6.93. The molecule has 33 heavy (non-hydrogen) atoms. The smallest absolute Gasteiger partial charge is 0.338 e. The van der Waals surface area contributed by atoms with E-state index in [1.54, 1.807) is 67.4 Å². The quantitative estimate of drug-likeness (QED) is 0.446. The van der Waals surface area contributed by atoms with E-state index in [0.29, 0.717) is 20.6 Å². The van der Waals surface area contributed by atoms with Crippen molar-refractivity contribution >= 4 is 35.1 Å². The Morgan fingerprint density at radius 2 is 1.85 bits per heavy atom. The second-order valence-electron chi connectivity index (χ2n) is 7.90. The van der Waals surface area contributed by atoms with Gasteiger partial charge in [-0.15, -0.1) is 11.8 Å². The number of carbonyl (C=O) groups excluding carboxylic acids is 1. The standard InChI is InChI=1S/C25H24N2O4S2/c1-14(2)31-24(30)21-15(3)26-25-27(22(21)17-7-11-19(32-4)12-8-17)23(29)20(33-25)13-16-5-9-18(28)10-6-16/h5-14,22,28H,1-4H3/b20-13-/t22-/m1/s1. The summed E-state index contributed by atoms with van der Waals surface area (Å²) in [6.45, 7) is 5.36. The van der Waals surface area contributed by atoms with E-state index < -0.39 is 12.0 Å². The van der Waals surface area contributed by atoms with Crippen LogP contribution in [0.2, 0.25) is 0 Å². The number of esters is 1. The van der Waals surface area contributed by atoms with Crippen molar-refractivity contribution in [3.05, 3.63) is 90.6 Å². The van der Waals surface area contributed by atoms with Gasteiger partial charge in [0.05, 0.1) is 27.9 Å². The molecule has 0 unspecified atom stereocenters. The number of phenolic OH excluding ortho intramolecular Hbond substituents is 1. The number of phenols is 1. The van der Waals surface area contributed by atoms with Gasteiger partial charge in [0.1, 0.15) is 5.75 Å². The van der Waals surface area contributed by atoms with Crippen LogP contribution in [0.5, 0.6) is 5.75 Å². The molecule has 1 N–H and O–H groups in total. The maximum atomic E-state index is 13.5. The molecule has 0 fully saturated rings. The SMILES string of the molecule is CSc1ccc([C@@H]2C(C(=O)OC(C)C)=C(C)N=c3s/c(=C\c4ccc(O)cc4)c(=O)n32)cc1. The molecule has 1 aliphatic rings. The highest BCUT2D eigenvalue weighted by Crippen LogP contribution is 2.32. The molecular formula is C25H24N2O4S2. The first-order chi connectivity index (χ1) is 15.8. The number of thioether (sulfide) groups is 1. The third kappa shape index (κ3) is 4.67. The van der Waals surface area contributed by atoms with Gasteiger partial charge >= 0.3 is 5.97 Å². The molecule has 8 heteroatoms. The average Bonchev–Trinajstić information content (AvgIpc) is 3.08. The number of thiazole rings is 1. The first-order valence-corrected chi connectivity index (χ1v) is 12.5. The monoisotopic (exact) mass is 480 g/mol. The summed E-state index contributed by atoms with van der Waals surface area (Å²) in [7, 11) is 0. The largest absolute Gasteiger partial charge is 0.508 e. The fourth-order valence-corrected chi connectivity index (χ4v) is 5.14. The lowest BCUT2D eigenvalue weighted by molar-refractivity contribution is -0.143. The summed E-state index contributed by atoms with van der Waals surface area (Å²) >= 11 is 2.90. The number of rotatable bonds is 5. The van der Waals surface area contributed by atoms with E-state index in [1.807, 2.05) is 30.5 Å². The second-order valence-corrected chi connectivity index (χ2v) is 9.79. The molecule has 0 bridgehead atoms. The number of nitrogens with zero attached hydrogens (tertiary/aromatic N) is 2. The zero-order valence-electron chi connectivity index (χ0n) is 18.7. The van der Waals surface area contributed by atoms with Crippen molar-refractivity contribution < 1.29 is 14.6 Å². The van der Waals surface area contributed by atoms with Gasteiger partial charge in [-0.25, -0.2) is 9.79 Å². The highest BCUT2D eigenvalue weighted by molar-refractivity contribution is 7.98. The summed E-state index contributed by atoms with van der Waals surface area (Å²) in [6, 6.07) is 13.8. The summed E-state index contributed by atoms with van der Waals surface area (Å²) in [5.41, 5.74) is 2.28. The molecule has 3 aromatic rings. The van der Waals surface area contributed by atoms with Crippen LogP contribution in [0.3, 0.4) is 0 Å². The van der Waals surface area contributed by atoms with E-state index in [4.69, 9.17) is 4.74 Å². The minimum absolute atomic E-state index is 0.159. The highest BCUT2D eigenvalue weighted by atomic mass is 32.2. The second kappa shape index (κ2) is 9.41. The van der Waals surface area contributed by atoms with Crippen molar-refractivity contribution in [2.75, 3.05) is 6.26 Å². The van der Waals surface area contributed by atoms with Gasteiger partial charge in [0.15, 0.2) is 4.80 Å². The summed E-state index contributed by atoms with van der Waals surface area (Å²) in [6.07, 6.45) is 3.47. The molecule has 0 amide bonds. The summed E-state index contributed by atoms with van der Waals surface area (Å²) in [5, 5.41) is 9.54. The van der Waals surface area contributed by atoms with Gasteiger partial charge in [-0.3, -0.25) is 9.36 Å². The van der Waals surface area contributed by atoms with Crippen LogP contribution in [0.4, 0.5) is 0 Å². The van der Waals surface area contributed by atoms with E-state index >= 15 is 0 Å². The Kier molecular flexibility index (Phi) is 6.58. The van der Waals surface area contributed by atoms with Crippen molar-refractivity contribution in [2.24, 2.45) is 4.99 Å². The molecule has 0 aliphatic carbocycles. The minimum atomic E-state index is -0.634. The van der Waals surface area contributed by atoms with Crippen LogP contribution >= 0.6 is 23.1 Å². The highest BCUT2D eigenvalue weighted by Gasteiger charge is 2.33. The van der Waals surface area contributed by atoms with Crippen molar-refractivity contribution in [3.8, 4) is 5.75 Å². The van der Waals surface area contributed by atoms with Crippen LogP contribution < -0.4 is 14.9 Å². The molecule has 2 heterocycles. The summed E-state index contributed by atoms with van der Waals surface area (Å²) < 4.78 is 7.60. The fraction of sp³-hybridized carbons (Fsp3) is 0.240. The molecular weight excluding hydrogens is 456 g/mol. The first kappa shape index (κ1) is 23.1. The first-order valence-electron chi connectivity index (χ1n) is 10.4. The molecule has 4 rings (SSSR count). The van der Waals surface area contributed by atoms with E-state index in [0.717, 1.165) is 16.0 Å². The number of benzene rings is 2. The zero-order valence-corrected chi connectivity index (χ0v) is 20.4. The maximum absolute atomic E-state index is 13.5. The minimum Gasteiger partial charge on any atom is -0.508 e. The van der Waals surface area contributed by atoms with E-state index in [1.165, 1.54) is 11.3 Å². The van der Waals surface area contributed by atoms with E-state index in [2.05, 4.69) is 4.99 Å². The zero-order chi connectivity index (χ0) is 23.7. The lowest BCUT2D eigenvalue weighted by Crippen LogP contribution is -2.40. The van der Waals surface area contributed by atoms with Crippen LogP contribution in [0, 0.1) is 0 Å². The summed E-state index contributed by atoms with van der Waals surface area (Å²) in [4.78, 5) is 32.8.